The molecule has 0 aliphatic rings. The van der Waals surface area contributed by atoms with Gasteiger partial charge in [-0.1, -0.05) is 0 Å². The van der Waals surface area contributed by atoms with E-state index in [9.17, 15) is 0 Å². The average Bonchev–Trinajstić information content (AvgIpc) is 2.27. The SMILES string of the molecule is C[Te]C(C)c1ccc(C(C)[Te]C)cc1. The molecule has 0 spiro atoms. The Kier molecular flexibility index (Phi) is 5.88. The average molecular weight is 417 g/mol. The van der Waals surface area contributed by atoms with Crippen LogP contribution in [-0.4, -0.2) is 41.8 Å². The molecule has 1 rings (SSSR count). The molecule has 0 saturated heterocycles. The maximum atomic E-state index is 2.38. The van der Waals surface area contributed by atoms with Crippen molar-refractivity contribution >= 4 is 41.8 Å². The Balaban J connectivity index is 2.78. The quantitative estimate of drug-likeness (QED) is 0.660. The van der Waals surface area contributed by atoms with Crippen LogP contribution in [0.25, 0.3) is 0 Å². The second kappa shape index (κ2) is 6.40. The van der Waals surface area contributed by atoms with Crippen LogP contribution in [0.5, 0.6) is 0 Å². The van der Waals surface area contributed by atoms with Crippen LogP contribution in [0.4, 0.5) is 0 Å². The molecule has 0 aromatic heterocycles. The van der Waals surface area contributed by atoms with Crippen molar-refractivity contribution in [3.63, 3.8) is 0 Å². The van der Waals surface area contributed by atoms with Crippen molar-refractivity contribution in [1.29, 1.82) is 0 Å². The van der Waals surface area contributed by atoms with Crippen molar-refractivity contribution in [2.45, 2.75) is 31.7 Å². The van der Waals surface area contributed by atoms with Gasteiger partial charge in [-0.15, -0.1) is 0 Å². The molecule has 2 heteroatoms. The van der Waals surface area contributed by atoms with Gasteiger partial charge in [0.1, 0.15) is 0 Å². The van der Waals surface area contributed by atoms with Gasteiger partial charge < -0.3 is 0 Å². The topological polar surface area (TPSA) is 0 Å². The summed E-state index contributed by atoms with van der Waals surface area (Å²) in [5.41, 5.74) is 3.09. The molecule has 0 bridgehead atoms. The Morgan fingerprint density at radius 1 is 0.786 bits per heavy atom. The molecule has 78 valence electrons. The van der Waals surface area contributed by atoms with Gasteiger partial charge in [0, 0.05) is 0 Å². The van der Waals surface area contributed by atoms with Gasteiger partial charge in [-0.3, -0.25) is 0 Å². The van der Waals surface area contributed by atoms with Crippen LogP contribution in [0.15, 0.2) is 24.3 Å². The van der Waals surface area contributed by atoms with Crippen LogP contribution in [0, 0.1) is 0 Å². The molecule has 0 amide bonds. The minimum atomic E-state index is 0.183. The van der Waals surface area contributed by atoms with Gasteiger partial charge in [-0.05, 0) is 0 Å². The Morgan fingerprint density at radius 3 is 1.29 bits per heavy atom. The van der Waals surface area contributed by atoms with Crippen molar-refractivity contribution in [3.05, 3.63) is 35.4 Å². The maximum absolute atomic E-state index is 2.38. The normalized spacial score (nSPS) is 15.1. The van der Waals surface area contributed by atoms with E-state index in [1.54, 1.807) is 11.1 Å². The van der Waals surface area contributed by atoms with E-state index in [0.29, 0.717) is 0 Å². The van der Waals surface area contributed by atoms with E-state index in [0.717, 1.165) is 7.93 Å². The zero-order valence-electron chi connectivity index (χ0n) is 9.28. The van der Waals surface area contributed by atoms with Crippen molar-refractivity contribution in [2.24, 2.45) is 0 Å². The fourth-order valence-corrected chi connectivity index (χ4v) is 3.76. The predicted octanol–water partition coefficient (Wildman–Crippen LogP) is 3.31. The molecule has 0 saturated carbocycles. The fraction of sp³-hybridized carbons (Fsp3) is 0.500. The molecular weight excluding hydrogens is 399 g/mol. The monoisotopic (exact) mass is 422 g/mol. The standard InChI is InChI=1S/C12H18Te2/c1-9(13-3)11-5-7-12(8-6-11)10(2)14-4/h5-10H,1-4H3. The molecule has 2 unspecified atom stereocenters. The summed E-state index contributed by atoms with van der Waals surface area (Å²) in [6.45, 7) is 4.71. The van der Waals surface area contributed by atoms with E-state index < -0.39 is 0 Å². The third-order valence-corrected chi connectivity index (χ3v) is 8.17. The second-order valence-electron chi connectivity index (χ2n) is 3.42. The summed E-state index contributed by atoms with van der Waals surface area (Å²) < 4.78 is 1.67. The molecule has 1 aromatic carbocycles. The molecule has 14 heavy (non-hydrogen) atoms. The van der Waals surface area contributed by atoms with Gasteiger partial charge in [0.25, 0.3) is 0 Å². The van der Waals surface area contributed by atoms with Crippen LogP contribution in [0.2, 0.25) is 9.94 Å². The van der Waals surface area contributed by atoms with Crippen LogP contribution in [0.1, 0.15) is 32.9 Å². The molecule has 0 fully saturated rings. The van der Waals surface area contributed by atoms with Gasteiger partial charge in [-0.2, -0.15) is 0 Å². The summed E-state index contributed by atoms with van der Waals surface area (Å²) in [5, 5.41) is 0. The molecular formula is C12H18Te2. The summed E-state index contributed by atoms with van der Waals surface area (Å²) in [7, 11) is 0. The molecule has 1 aromatic rings. The Labute approximate surface area is 108 Å². The predicted molar refractivity (Wildman–Crippen MR) is 66.5 cm³/mol. The fourth-order valence-electron chi connectivity index (χ4n) is 1.31. The van der Waals surface area contributed by atoms with Crippen molar-refractivity contribution < 1.29 is 0 Å². The first-order valence-electron chi connectivity index (χ1n) is 4.84. The molecule has 0 radical (unpaired) electrons. The Bertz CT molecular complexity index is 237. The first kappa shape index (κ1) is 12.9. The van der Waals surface area contributed by atoms with Gasteiger partial charge in [0.2, 0.25) is 0 Å². The minimum absolute atomic E-state index is 0.183. The number of rotatable bonds is 4. The summed E-state index contributed by atoms with van der Waals surface area (Å²) >= 11 is 0.366. The Hall–Kier alpha value is 0.799. The first-order chi connectivity index (χ1) is 6.69. The summed E-state index contributed by atoms with van der Waals surface area (Å²) in [4.78, 5) is 4.76. The third kappa shape index (κ3) is 3.43. The summed E-state index contributed by atoms with van der Waals surface area (Å²) in [5.74, 6) is 0. The van der Waals surface area contributed by atoms with Gasteiger partial charge in [0.15, 0.2) is 0 Å². The molecule has 0 aliphatic carbocycles. The summed E-state index contributed by atoms with van der Waals surface area (Å²) in [6.07, 6.45) is 0. The van der Waals surface area contributed by atoms with E-state index in [4.69, 9.17) is 0 Å². The van der Waals surface area contributed by atoms with E-state index in [2.05, 4.69) is 48.1 Å². The molecule has 0 heterocycles. The van der Waals surface area contributed by atoms with E-state index >= 15 is 0 Å². The molecule has 0 aliphatic heterocycles. The molecule has 0 N–H and O–H groups in total. The van der Waals surface area contributed by atoms with Crippen molar-refractivity contribution in [1.82, 2.24) is 0 Å². The third-order valence-electron chi connectivity index (χ3n) is 2.58. The van der Waals surface area contributed by atoms with Gasteiger partial charge in [-0.25, -0.2) is 0 Å². The van der Waals surface area contributed by atoms with Crippen LogP contribution >= 0.6 is 0 Å². The van der Waals surface area contributed by atoms with Crippen LogP contribution in [0.3, 0.4) is 0 Å². The molecule has 0 nitrogen and oxygen atoms in total. The van der Waals surface area contributed by atoms with Gasteiger partial charge >= 0.3 is 109 Å². The molecule has 2 atom stereocenters. The van der Waals surface area contributed by atoms with E-state index in [1.165, 1.54) is 0 Å². The number of benzene rings is 1. The van der Waals surface area contributed by atoms with Crippen LogP contribution in [-0.2, 0) is 0 Å². The first-order valence-corrected chi connectivity index (χ1v) is 12.2. The second-order valence-corrected chi connectivity index (χ2v) is 10.1. The van der Waals surface area contributed by atoms with E-state index in [-0.39, 0.29) is 41.8 Å². The zero-order valence-corrected chi connectivity index (χ0v) is 13.9. The van der Waals surface area contributed by atoms with Gasteiger partial charge in [0.05, 0.1) is 0 Å². The summed E-state index contributed by atoms with van der Waals surface area (Å²) in [6, 6.07) is 9.36. The number of hydrogen-bond donors (Lipinski definition) is 0. The van der Waals surface area contributed by atoms with E-state index in [1.807, 2.05) is 0 Å². The van der Waals surface area contributed by atoms with Crippen molar-refractivity contribution in [2.75, 3.05) is 0 Å². The Morgan fingerprint density at radius 2 is 1.07 bits per heavy atom. The number of hydrogen-bond acceptors (Lipinski definition) is 0. The zero-order chi connectivity index (χ0) is 10.6. The van der Waals surface area contributed by atoms with Crippen molar-refractivity contribution in [3.8, 4) is 0 Å². The van der Waals surface area contributed by atoms with Crippen LogP contribution < -0.4 is 0 Å².